The van der Waals surface area contributed by atoms with Crippen molar-refractivity contribution in [3.05, 3.63) is 23.3 Å². The van der Waals surface area contributed by atoms with Crippen LogP contribution in [0.1, 0.15) is 58.6 Å². The van der Waals surface area contributed by atoms with E-state index in [1.807, 2.05) is 19.1 Å². The summed E-state index contributed by atoms with van der Waals surface area (Å²) in [5.41, 5.74) is 2.04. The number of hydrogen-bond donors (Lipinski definition) is 1. The Balaban J connectivity index is 2.85. The molecule has 4 nitrogen and oxygen atoms in total. The molecule has 1 aromatic carbocycles. The van der Waals surface area contributed by atoms with Gasteiger partial charge in [0.2, 0.25) is 0 Å². The number of ether oxygens (including phenoxy) is 2. The lowest BCUT2D eigenvalue weighted by atomic mass is 10.00. The molecule has 124 valence electrons. The Morgan fingerprint density at radius 1 is 1.23 bits per heavy atom. The smallest absolute Gasteiger partial charge is 0.308 e. The number of esters is 1. The van der Waals surface area contributed by atoms with Crippen LogP contribution in [0.5, 0.6) is 11.5 Å². The van der Waals surface area contributed by atoms with Crippen molar-refractivity contribution in [3.8, 4) is 11.5 Å². The third-order valence-electron chi connectivity index (χ3n) is 3.20. The number of aryl methyl sites for hydroxylation is 1. The summed E-state index contributed by atoms with van der Waals surface area (Å²) in [4.78, 5) is 11.2. The van der Waals surface area contributed by atoms with Crippen molar-refractivity contribution in [2.45, 2.75) is 59.9 Å². The van der Waals surface area contributed by atoms with Crippen LogP contribution in [0.4, 0.5) is 0 Å². The molecule has 0 aliphatic heterocycles. The van der Waals surface area contributed by atoms with Crippen molar-refractivity contribution < 1.29 is 14.3 Å². The molecule has 0 saturated heterocycles. The summed E-state index contributed by atoms with van der Waals surface area (Å²) in [6.45, 7) is 15.3. The van der Waals surface area contributed by atoms with E-state index in [0.29, 0.717) is 18.3 Å². The van der Waals surface area contributed by atoms with Crippen molar-refractivity contribution >= 4 is 5.97 Å². The summed E-state index contributed by atoms with van der Waals surface area (Å²) in [5, 5.41) is 3.40. The van der Waals surface area contributed by atoms with E-state index in [1.54, 1.807) is 0 Å². The Hall–Kier alpha value is -1.55. The number of benzene rings is 1. The molecular formula is C18H29NO3. The van der Waals surface area contributed by atoms with Gasteiger partial charge in [-0.05, 0) is 51.3 Å². The Labute approximate surface area is 134 Å². The van der Waals surface area contributed by atoms with Crippen LogP contribution in [0.15, 0.2) is 12.1 Å². The van der Waals surface area contributed by atoms with Crippen molar-refractivity contribution in [2.24, 2.45) is 0 Å². The number of hydrogen-bond acceptors (Lipinski definition) is 4. The van der Waals surface area contributed by atoms with Gasteiger partial charge in [0.1, 0.15) is 18.1 Å². The van der Waals surface area contributed by atoms with E-state index in [0.717, 1.165) is 23.4 Å². The zero-order valence-corrected chi connectivity index (χ0v) is 14.9. The summed E-state index contributed by atoms with van der Waals surface area (Å²) in [6, 6.07) is 3.86. The standard InChI is InChI=1S/C18H29NO3/c1-12(2)15-11-16(22-14(4)20)13(3)10-17(15)21-9-8-19-18(5,6)7/h10-12,19H,8-9H2,1-7H3. The normalized spacial score (nSPS) is 11.6. The van der Waals surface area contributed by atoms with Gasteiger partial charge in [-0.3, -0.25) is 4.79 Å². The number of carbonyl (C=O) groups is 1. The van der Waals surface area contributed by atoms with Crippen LogP contribution >= 0.6 is 0 Å². The molecule has 0 atom stereocenters. The van der Waals surface area contributed by atoms with Crippen LogP contribution in [0.3, 0.4) is 0 Å². The minimum atomic E-state index is -0.305. The van der Waals surface area contributed by atoms with Gasteiger partial charge in [0.05, 0.1) is 0 Å². The maximum absolute atomic E-state index is 11.2. The van der Waals surface area contributed by atoms with Crippen LogP contribution < -0.4 is 14.8 Å². The molecule has 0 radical (unpaired) electrons. The zero-order chi connectivity index (χ0) is 16.9. The highest BCUT2D eigenvalue weighted by Crippen LogP contribution is 2.33. The quantitative estimate of drug-likeness (QED) is 0.493. The molecule has 0 heterocycles. The van der Waals surface area contributed by atoms with E-state index < -0.39 is 0 Å². The van der Waals surface area contributed by atoms with Crippen LogP contribution in [-0.2, 0) is 4.79 Å². The van der Waals surface area contributed by atoms with E-state index in [9.17, 15) is 4.79 Å². The first-order valence-electron chi connectivity index (χ1n) is 7.81. The van der Waals surface area contributed by atoms with Gasteiger partial charge in [-0.2, -0.15) is 0 Å². The predicted octanol–water partition coefficient (Wildman–Crippen LogP) is 3.81. The zero-order valence-electron chi connectivity index (χ0n) is 14.9. The number of rotatable bonds is 6. The molecule has 0 spiro atoms. The van der Waals surface area contributed by atoms with Crippen LogP contribution in [0, 0.1) is 6.92 Å². The molecule has 0 unspecified atom stereocenters. The second kappa shape index (κ2) is 7.63. The minimum absolute atomic E-state index is 0.0827. The summed E-state index contributed by atoms with van der Waals surface area (Å²) in [5.74, 6) is 1.46. The van der Waals surface area contributed by atoms with Gasteiger partial charge in [0.15, 0.2) is 0 Å². The van der Waals surface area contributed by atoms with Crippen LogP contribution in [0.25, 0.3) is 0 Å². The molecule has 0 bridgehead atoms. The Morgan fingerprint density at radius 2 is 1.86 bits per heavy atom. The molecule has 0 saturated carbocycles. The van der Waals surface area contributed by atoms with Gasteiger partial charge in [0, 0.05) is 24.6 Å². The third kappa shape index (κ3) is 6.06. The van der Waals surface area contributed by atoms with Crippen molar-refractivity contribution in [2.75, 3.05) is 13.2 Å². The Morgan fingerprint density at radius 3 is 2.36 bits per heavy atom. The average molecular weight is 307 g/mol. The van der Waals surface area contributed by atoms with E-state index in [4.69, 9.17) is 9.47 Å². The molecule has 4 heteroatoms. The fourth-order valence-corrected chi connectivity index (χ4v) is 2.11. The van der Waals surface area contributed by atoms with Gasteiger partial charge in [-0.25, -0.2) is 0 Å². The van der Waals surface area contributed by atoms with Crippen molar-refractivity contribution in [3.63, 3.8) is 0 Å². The van der Waals surface area contributed by atoms with E-state index in [-0.39, 0.29) is 11.5 Å². The number of carbonyl (C=O) groups excluding carboxylic acids is 1. The highest BCUT2D eigenvalue weighted by molar-refractivity contribution is 5.70. The van der Waals surface area contributed by atoms with Gasteiger partial charge < -0.3 is 14.8 Å². The summed E-state index contributed by atoms with van der Waals surface area (Å²) < 4.78 is 11.2. The van der Waals surface area contributed by atoms with Crippen molar-refractivity contribution in [1.82, 2.24) is 5.32 Å². The van der Waals surface area contributed by atoms with E-state index in [1.165, 1.54) is 6.92 Å². The molecule has 0 amide bonds. The Kier molecular flexibility index (Phi) is 6.42. The largest absolute Gasteiger partial charge is 0.492 e. The predicted molar refractivity (Wildman–Crippen MR) is 89.8 cm³/mol. The highest BCUT2D eigenvalue weighted by Gasteiger charge is 2.14. The lowest BCUT2D eigenvalue weighted by Gasteiger charge is -2.21. The first kappa shape index (κ1) is 18.5. The van der Waals surface area contributed by atoms with Gasteiger partial charge >= 0.3 is 5.97 Å². The van der Waals surface area contributed by atoms with Gasteiger partial charge in [0.25, 0.3) is 0 Å². The molecule has 0 aliphatic rings. The molecular weight excluding hydrogens is 278 g/mol. The van der Waals surface area contributed by atoms with E-state index in [2.05, 4.69) is 39.9 Å². The molecule has 22 heavy (non-hydrogen) atoms. The number of nitrogens with one attached hydrogen (secondary N) is 1. The SMILES string of the molecule is CC(=O)Oc1cc(C(C)C)c(OCCNC(C)(C)C)cc1C. The van der Waals surface area contributed by atoms with Crippen LogP contribution in [-0.4, -0.2) is 24.7 Å². The second-order valence-corrected chi connectivity index (χ2v) is 6.93. The minimum Gasteiger partial charge on any atom is -0.492 e. The molecule has 0 aromatic heterocycles. The monoisotopic (exact) mass is 307 g/mol. The maximum Gasteiger partial charge on any atom is 0.308 e. The lowest BCUT2D eigenvalue weighted by molar-refractivity contribution is -0.131. The summed E-state index contributed by atoms with van der Waals surface area (Å²) in [7, 11) is 0. The lowest BCUT2D eigenvalue weighted by Crippen LogP contribution is -2.38. The average Bonchev–Trinajstić information content (AvgIpc) is 2.35. The summed E-state index contributed by atoms with van der Waals surface area (Å²) in [6.07, 6.45) is 0. The third-order valence-corrected chi connectivity index (χ3v) is 3.20. The molecule has 0 aliphatic carbocycles. The van der Waals surface area contributed by atoms with Crippen molar-refractivity contribution in [1.29, 1.82) is 0 Å². The highest BCUT2D eigenvalue weighted by atomic mass is 16.5. The molecule has 0 fully saturated rings. The van der Waals surface area contributed by atoms with Gasteiger partial charge in [-0.15, -0.1) is 0 Å². The first-order chi connectivity index (χ1) is 10.1. The maximum atomic E-state index is 11.2. The van der Waals surface area contributed by atoms with E-state index >= 15 is 0 Å². The summed E-state index contributed by atoms with van der Waals surface area (Å²) >= 11 is 0. The Bertz CT molecular complexity index is 516. The molecule has 1 rings (SSSR count). The molecule has 1 aromatic rings. The first-order valence-corrected chi connectivity index (χ1v) is 7.81. The topological polar surface area (TPSA) is 47.6 Å². The van der Waals surface area contributed by atoms with Gasteiger partial charge in [-0.1, -0.05) is 13.8 Å². The molecule has 1 N–H and O–H groups in total. The fraction of sp³-hybridized carbons (Fsp3) is 0.611. The fourth-order valence-electron chi connectivity index (χ4n) is 2.11. The second-order valence-electron chi connectivity index (χ2n) is 6.93. The van der Waals surface area contributed by atoms with Crippen LogP contribution in [0.2, 0.25) is 0 Å².